The van der Waals surface area contributed by atoms with Crippen LogP contribution in [0.5, 0.6) is 17.2 Å². The van der Waals surface area contributed by atoms with Crippen LogP contribution >= 0.6 is 0 Å². The summed E-state index contributed by atoms with van der Waals surface area (Å²) in [5.74, 6) is 0.0382. The van der Waals surface area contributed by atoms with Gasteiger partial charge in [-0.05, 0) is 23.8 Å². The molecule has 7 nitrogen and oxygen atoms in total. The number of benzene rings is 1. The number of phenols is 1. The van der Waals surface area contributed by atoms with Gasteiger partial charge < -0.3 is 19.5 Å². The monoisotopic (exact) mass is 277 g/mol. The first-order valence-corrected chi connectivity index (χ1v) is 5.78. The van der Waals surface area contributed by atoms with Gasteiger partial charge in [0.15, 0.2) is 11.5 Å². The number of guanidine groups is 1. The van der Waals surface area contributed by atoms with Gasteiger partial charge in [-0.2, -0.15) is 0 Å². The van der Waals surface area contributed by atoms with Crippen molar-refractivity contribution >= 4 is 17.9 Å². The molecule has 2 rings (SSSR count). The van der Waals surface area contributed by atoms with Gasteiger partial charge in [-0.3, -0.25) is 15.5 Å². The molecule has 1 heterocycles. The predicted molar refractivity (Wildman–Crippen MR) is 72.8 cm³/mol. The van der Waals surface area contributed by atoms with E-state index in [1.807, 2.05) is 0 Å². The van der Waals surface area contributed by atoms with E-state index in [1.54, 1.807) is 25.3 Å². The molecule has 20 heavy (non-hydrogen) atoms. The van der Waals surface area contributed by atoms with Crippen LogP contribution in [0.3, 0.4) is 0 Å². The van der Waals surface area contributed by atoms with E-state index < -0.39 is 0 Å². The summed E-state index contributed by atoms with van der Waals surface area (Å²) in [4.78, 5) is 13.1. The van der Waals surface area contributed by atoms with Crippen LogP contribution in [0.1, 0.15) is 5.56 Å². The lowest BCUT2D eigenvalue weighted by Crippen LogP contribution is -2.25. The maximum Gasteiger partial charge on any atom is 0.274 e. The molecule has 0 unspecified atom stereocenters. The molecular weight excluding hydrogens is 262 g/mol. The summed E-state index contributed by atoms with van der Waals surface area (Å²) in [6.45, 7) is 0. The van der Waals surface area contributed by atoms with Gasteiger partial charge in [-0.25, -0.2) is 0 Å². The van der Waals surface area contributed by atoms with Crippen LogP contribution in [0, 0.1) is 5.41 Å². The van der Waals surface area contributed by atoms with Gasteiger partial charge in [0, 0.05) is 7.05 Å². The number of ether oxygens (including phenoxy) is 2. The largest absolute Gasteiger partial charge is 0.502 e. The Hall–Kier alpha value is -2.70. The lowest BCUT2D eigenvalue weighted by Gasteiger charge is -2.11. The van der Waals surface area contributed by atoms with Crippen LogP contribution in [0.15, 0.2) is 17.8 Å². The van der Waals surface area contributed by atoms with Crippen molar-refractivity contribution in [2.24, 2.45) is 0 Å². The molecule has 0 bridgehead atoms. The van der Waals surface area contributed by atoms with E-state index in [-0.39, 0.29) is 29.1 Å². The first-order valence-electron chi connectivity index (χ1n) is 5.78. The van der Waals surface area contributed by atoms with E-state index in [9.17, 15) is 9.90 Å². The molecule has 0 radical (unpaired) electrons. The van der Waals surface area contributed by atoms with E-state index in [1.165, 1.54) is 19.1 Å². The molecule has 0 atom stereocenters. The number of nitrogens with one attached hydrogen (secondary N) is 2. The Morgan fingerprint density at radius 2 is 1.85 bits per heavy atom. The fourth-order valence-corrected chi connectivity index (χ4v) is 1.85. The zero-order valence-electron chi connectivity index (χ0n) is 11.4. The number of hydrogen-bond acceptors (Lipinski definition) is 5. The number of hydrogen-bond donors (Lipinski definition) is 3. The summed E-state index contributed by atoms with van der Waals surface area (Å²) in [6, 6.07) is 3.15. The molecule has 106 valence electrons. The molecule has 1 aliphatic heterocycles. The average molecular weight is 277 g/mol. The van der Waals surface area contributed by atoms with Crippen molar-refractivity contribution in [2.45, 2.75) is 0 Å². The lowest BCUT2D eigenvalue weighted by molar-refractivity contribution is -0.115. The second-order valence-corrected chi connectivity index (χ2v) is 4.17. The van der Waals surface area contributed by atoms with E-state index in [0.717, 1.165) is 0 Å². The zero-order valence-corrected chi connectivity index (χ0v) is 11.4. The third-order valence-electron chi connectivity index (χ3n) is 2.97. The van der Waals surface area contributed by atoms with Crippen molar-refractivity contribution in [3.63, 3.8) is 0 Å². The number of amides is 1. The second-order valence-electron chi connectivity index (χ2n) is 4.17. The minimum atomic E-state index is -0.358. The van der Waals surface area contributed by atoms with E-state index in [0.29, 0.717) is 11.3 Å². The Labute approximate surface area is 115 Å². The van der Waals surface area contributed by atoms with Crippen molar-refractivity contribution in [1.82, 2.24) is 10.2 Å². The minimum Gasteiger partial charge on any atom is -0.502 e. The molecule has 1 saturated heterocycles. The third kappa shape index (κ3) is 2.25. The highest BCUT2D eigenvalue weighted by atomic mass is 16.5. The van der Waals surface area contributed by atoms with Crippen molar-refractivity contribution in [2.75, 3.05) is 21.3 Å². The van der Waals surface area contributed by atoms with Gasteiger partial charge >= 0.3 is 0 Å². The number of methoxy groups -OCH3 is 2. The topological polar surface area (TPSA) is 94.9 Å². The highest BCUT2D eigenvalue weighted by molar-refractivity contribution is 6.14. The summed E-state index contributed by atoms with van der Waals surface area (Å²) in [7, 11) is 4.46. The first kappa shape index (κ1) is 13.7. The second kappa shape index (κ2) is 5.12. The molecule has 1 fully saturated rings. The Morgan fingerprint density at radius 1 is 1.30 bits per heavy atom. The molecule has 1 aliphatic rings. The highest BCUT2D eigenvalue weighted by Gasteiger charge is 2.27. The number of phenolic OH excluding ortho intramolecular Hbond substituents is 1. The molecule has 7 heteroatoms. The summed E-state index contributed by atoms with van der Waals surface area (Å²) in [5, 5.41) is 19.8. The number of rotatable bonds is 3. The Balaban J connectivity index is 2.48. The van der Waals surface area contributed by atoms with Crippen molar-refractivity contribution in [3.05, 3.63) is 23.4 Å². The number of aromatic hydroxyl groups is 1. The lowest BCUT2D eigenvalue weighted by atomic mass is 10.1. The molecular formula is C13H15N3O4. The molecule has 0 saturated carbocycles. The summed E-state index contributed by atoms with van der Waals surface area (Å²) in [6.07, 6.45) is 1.58. The quantitative estimate of drug-likeness (QED) is 0.709. The fourth-order valence-electron chi connectivity index (χ4n) is 1.85. The highest BCUT2D eigenvalue weighted by Crippen LogP contribution is 2.37. The predicted octanol–water partition coefficient (Wildman–Crippen LogP) is 0.747. The number of nitrogens with zero attached hydrogens (tertiary/aromatic N) is 1. The van der Waals surface area contributed by atoms with Crippen LogP contribution in [0.4, 0.5) is 0 Å². The van der Waals surface area contributed by atoms with Crippen LogP contribution in [0.25, 0.3) is 6.08 Å². The molecule has 1 aromatic carbocycles. The van der Waals surface area contributed by atoms with Gasteiger partial charge in [-0.1, -0.05) is 0 Å². The first-order chi connectivity index (χ1) is 9.47. The number of carbonyl (C=O) groups excluding carboxylic acids is 1. The molecule has 0 spiro atoms. The van der Waals surface area contributed by atoms with Crippen molar-refractivity contribution in [1.29, 1.82) is 5.41 Å². The van der Waals surface area contributed by atoms with E-state index in [4.69, 9.17) is 14.9 Å². The van der Waals surface area contributed by atoms with Gasteiger partial charge in [0.05, 0.1) is 14.2 Å². The van der Waals surface area contributed by atoms with Crippen LogP contribution in [-0.2, 0) is 4.79 Å². The smallest absolute Gasteiger partial charge is 0.274 e. The number of likely N-dealkylation sites (N-methyl/N-ethyl adjacent to an activating group) is 1. The molecule has 1 amide bonds. The molecule has 1 aromatic rings. The number of carbonyl (C=O) groups is 1. The van der Waals surface area contributed by atoms with Crippen LogP contribution in [-0.4, -0.2) is 43.1 Å². The summed E-state index contributed by atoms with van der Waals surface area (Å²) < 4.78 is 10.1. The molecule has 0 aliphatic carbocycles. The van der Waals surface area contributed by atoms with Crippen molar-refractivity contribution < 1.29 is 19.4 Å². The van der Waals surface area contributed by atoms with Gasteiger partial charge in [0.1, 0.15) is 5.70 Å². The zero-order chi connectivity index (χ0) is 14.9. The van der Waals surface area contributed by atoms with Gasteiger partial charge in [0.2, 0.25) is 11.7 Å². The minimum absolute atomic E-state index is 0.0129. The Bertz CT molecular complexity index is 585. The van der Waals surface area contributed by atoms with Crippen LogP contribution < -0.4 is 14.8 Å². The standard InChI is InChI=1S/C13H15N3O4/c1-16-8(12(18)15-13(16)14)4-7-5-9(19-2)11(17)10(6-7)20-3/h4-6,17H,1-3H3,(H2,14,15,18)/b8-4-. The Kier molecular flexibility index (Phi) is 3.51. The summed E-state index contributed by atoms with van der Waals surface area (Å²) in [5.41, 5.74) is 0.938. The van der Waals surface area contributed by atoms with E-state index in [2.05, 4.69) is 5.32 Å². The third-order valence-corrected chi connectivity index (χ3v) is 2.97. The normalized spacial score (nSPS) is 16.6. The molecule has 0 aromatic heterocycles. The van der Waals surface area contributed by atoms with E-state index >= 15 is 0 Å². The summed E-state index contributed by atoms with van der Waals surface area (Å²) >= 11 is 0. The maximum atomic E-state index is 11.7. The SMILES string of the molecule is COc1cc(/C=C2/C(=O)NC(=N)N2C)cc(OC)c1O. The van der Waals surface area contributed by atoms with Crippen LogP contribution in [0.2, 0.25) is 0 Å². The maximum absolute atomic E-state index is 11.7. The fraction of sp³-hybridized carbons (Fsp3) is 0.231. The Morgan fingerprint density at radius 3 is 2.25 bits per heavy atom. The average Bonchev–Trinajstić information content (AvgIpc) is 2.67. The van der Waals surface area contributed by atoms with Gasteiger partial charge in [-0.15, -0.1) is 0 Å². The van der Waals surface area contributed by atoms with Gasteiger partial charge in [0.25, 0.3) is 5.91 Å². The molecule has 3 N–H and O–H groups in total. The van der Waals surface area contributed by atoms with Crippen molar-refractivity contribution in [3.8, 4) is 17.2 Å².